The van der Waals surface area contributed by atoms with Gasteiger partial charge in [-0.3, -0.25) is 4.99 Å². The molecule has 9 heteroatoms. The average Bonchev–Trinajstić information content (AvgIpc) is 3.23. The molecular weight excluding hydrogens is 442 g/mol. The van der Waals surface area contributed by atoms with Crippen LogP contribution in [0.15, 0.2) is 57.1 Å². The van der Waals surface area contributed by atoms with Gasteiger partial charge in [-0.05, 0) is 37.5 Å². The van der Waals surface area contributed by atoms with Gasteiger partial charge in [0.1, 0.15) is 11.7 Å². The van der Waals surface area contributed by atoms with E-state index in [0.29, 0.717) is 23.6 Å². The molecule has 1 aliphatic carbocycles. The summed E-state index contributed by atoms with van der Waals surface area (Å²) in [6, 6.07) is 10.1. The lowest BCUT2D eigenvalue weighted by Crippen LogP contribution is -2.48. The zero-order valence-corrected chi connectivity index (χ0v) is 19.9. The number of aliphatic imine (C=N–C) groups is 2. The van der Waals surface area contributed by atoms with Crippen molar-refractivity contribution in [1.82, 2.24) is 25.1 Å². The summed E-state index contributed by atoms with van der Waals surface area (Å²) < 4.78 is 11.2. The molecule has 3 atom stereocenters. The van der Waals surface area contributed by atoms with Gasteiger partial charge in [-0.2, -0.15) is 0 Å². The van der Waals surface area contributed by atoms with Crippen LogP contribution in [0, 0.1) is 12.8 Å². The Bertz CT molecular complexity index is 1220. The van der Waals surface area contributed by atoms with Gasteiger partial charge in [-0.1, -0.05) is 18.6 Å². The van der Waals surface area contributed by atoms with E-state index >= 15 is 0 Å². The second-order valence-electron chi connectivity index (χ2n) is 9.37. The molecule has 3 aliphatic rings. The summed E-state index contributed by atoms with van der Waals surface area (Å²) in [6.45, 7) is 5.01. The minimum Gasteiger partial charge on any atom is -0.421 e. The molecule has 35 heavy (non-hydrogen) atoms. The van der Waals surface area contributed by atoms with Crippen molar-refractivity contribution in [3.8, 4) is 11.5 Å². The number of aryl methyl sites for hydroxylation is 1. The molecule has 0 amide bonds. The predicted molar refractivity (Wildman–Crippen MR) is 131 cm³/mol. The Morgan fingerprint density at radius 3 is 2.46 bits per heavy atom. The van der Waals surface area contributed by atoms with E-state index in [2.05, 4.69) is 25.1 Å². The van der Waals surface area contributed by atoms with Crippen molar-refractivity contribution >= 4 is 11.7 Å². The fourth-order valence-corrected chi connectivity index (χ4v) is 5.34. The molecule has 0 N–H and O–H groups in total. The number of benzene rings is 1. The quantitative estimate of drug-likeness (QED) is 0.574. The molecule has 3 unspecified atom stereocenters. The van der Waals surface area contributed by atoms with Crippen LogP contribution in [0.2, 0.25) is 0 Å². The minimum absolute atomic E-state index is 0.148. The Kier molecular flexibility index (Phi) is 6.08. The van der Waals surface area contributed by atoms with Crippen molar-refractivity contribution in [2.45, 2.75) is 44.6 Å². The van der Waals surface area contributed by atoms with Gasteiger partial charge < -0.3 is 14.1 Å². The summed E-state index contributed by atoms with van der Waals surface area (Å²) in [6.07, 6.45) is 7.89. The summed E-state index contributed by atoms with van der Waals surface area (Å²) in [4.78, 5) is 21.9. The van der Waals surface area contributed by atoms with Crippen molar-refractivity contribution in [2.24, 2.45) is 15.9 Å². The van der Waals surface area contributed by atoms with E-state index in [-0.39, 0.29) is 6.04 Å². The SMILES string of the molecule is Cc1nnc(-c2ccc(C3=NC4CC(c5ncccn5)CCCC4C(N4CCOCC4)=N3)cc2)o1. The highest BCUT2D eigenvalue weighted by molar-refractivity contribution is 6.09. The van der Waals surface area contributed by atoms with Crippen molar-refractivity contribution < 1.29 is 9.15 Å². The van der Waals surface area contributed by atoms with Gasteiger partial charge in [0.05, 0.1) is 19.3 Å². The monoisotopic (exact) mass is 471 g/mol. The van der Waals surface area contributed by atoms with Crippen LogP contribution in [0.3, 0.4) is 0 Å². The van der Waals surface area contributed by atoms with E-state index in [1.807, 2.05) is 42.7 Å². The second-order valence-corrected chi connectivity index (χ2v) is 9.37. The second kappa shape index (κ2) is 9.65. The van der Waals surface area contributed by atoms with Gasteiger partial charge in [0, 0.05) is 55.4 Å². The largest absolute Gasteiger partial charge is 0.421 e. The van der Waals surface area contributed by atoms with Crippen LogP contribution in [0.5, 0.6) is 0 Å². The van der Waals surface area contributed by atoms with Gasteiger partial charge in [0.15, 0.2) is 5.84 Å². The summed E-state index contributed by atoms with van der Waals surface area (Å²) in [5.41, 5.74) is 1.88. The van der Waals surface area contributed by atoms with Gasteiger partial charge in [0.2, 0.25) is 11.8 Å². The van der Waals surface area contributed by atoms with Crippen LogP contribution in [0.1, 0.15) is 48.9 Å². The highest BCUT2D eigenvalue weighted by Gasteiger charge is 2.38. The van der Waals surface area contributed by atoms with Crippen LogP contribution in [-0.2, 0) is 4.74 Å². The maximum absolute atomic E-state index is 5.63. The molecule has 1 saturated heterocycles. The molecule has 2 fully saturated rings. The Balaban J connectivity index is 1.34. The third-order valence-electron chi connectivity index (χ3n) is 7.10. The summed E-state index contributed by atoms with van der Waals surface area (Å²) in [7, 11) is 0. The number of ether oxygens (including phenoxy) is 1. The lowest BCUT2D eigenvalue weighted by atomic mass is 9.89. The zero-order valence-electron chi connectivity index (χ0n) is 19.9. The number of amidine groups is 2. The molecule has 9 nitrogen and oxygen atoms in total. The van der Waals surface area contributed by atoms with Crippen LogP contribution >= 0.6 is 0 Å². The van der Waals surface area contributed by atoms with Gasteiger partial charge in [-0.25, -0.2) is 15.0 Å². The molecule has 4 heterocycles. The van der Waals surface area contributed by atoms with E-state index in [4.69, 9.17) is 19.1 Å². The maximum Gasteiger partial charge on any atom is 0.247 e. The van der Waals surface area contributed by atoms with Crippen molar-refractivity contribution in [2.75, 3.05) is 26.3 Å². The van der Waals surface area contributed by atoms with Crippen LogP contribution in [-0.4, -0.2) is 69.1 Å². The molecule has 3 aromatic rings. The molecule has 2 aliphatic heterocycles. The number of hydrogen-bond donors (Lipinski definition) is 0. The topological polar surface area (TPSA) is 102 Å². The first-order valence-electron chi connectivity index (χ1n) is 12.4. The molecule has 0 bridgehead atoms. The Morgan fingerprint density at radius 1 is 0.943 bits per heavy atom. The predicted octanol–water partition coefficient (Wildman–Crippen LogP) is 3.67. The smallest absolute Gasteiger partial charge is 0.247 e. The molecule has 0 spiro atoms. The lowest BCUT2D eigenvalue weighted by Gasteiger charge is -2.37. The van der Waals surface area contributed by atoms with E-state index in [9.17, 15) is 0 Å². The van der Waals surface area contributed by atoms with Crippen LogP contribution in [0.25, 0.3) is 11.5 Å². The fraction of sp³-hybridized carbons (Fsp3) is 0.462. The molecule has 1 aromatic carbocycles. The molecule has 2 aromatic heterocycles. The summed E-state index contributed by atoms with van der Waals surface area (Å²) >= 11 is 0. The van der Waals surface area contributed by atoms with Gasteiger partial charge >= 0.3 is 0 Å². The van der Waals surface area contributed by atoms with Crippen molar-refractivity contribution in [3.63, 3.8) is 0 Å². The Morgan fingerprint density at radius 2 is 1.71 bits per heavy atom. The lowest BCUT2D eigenvalue weighted by molar-refractivity contribution is 0.0652. The third-order valence-corrected chi connectivity index (χ3v) is 7.10. The highest BCUT2D eigenvalue weighted by atomic mass is 16.5. The normalized spacial score (nSPS) is 24.8. The van der Waals surface area contributed by atoms with Crippen LogP contribution in [0.4, 0.5) is 0 Å². The maximum atomic E-state index is 5.63. The number of fused-ring (bicyclic) bond motifs is 1. The first-order chi connectivity index (χ1) is 17.2. The van der Waals surface area contributed by atoms with E-state index in [1.165, 1.54) is 0 Å². The number of hydrogen-bond acceptors (Lipinski definition) is 9. The van der Waals surface area contributed by atoms with Crippen LogP contribution < -0.4 is 0 Å². The summed E-state index contributed by atoms with van der Waals surface area (Å²) in [5.74, 6) is 4.57. The third kappa shape index (κ3) is 4.60. The number of aromatic nitrogens is 4. The van der Waals surface area contributed by atoms with Gasteiger partial charge in [-0.15, -0.1) is 10.2 Å². The molecule has 180 valence electrons. The number of rotatable bonds is 3. The molecular formula is C26H29N7O2. The Hall–Kier alpha value is -3.46. The van der Waals surface area contributed by atoms with Crippen molar-refractivity contribution in [3.05, 3.63) is 60.0 Å². The summed E-state index contributed by atoms with van der Waals surface area (Å²) in [5, 5.41) is 8.06. The van der Waals surface area contributed by atoms with Crippen molar-refractivity contribution in [1.29, 1.82) is 0 Å². The van der Waals surface area contributed by atoms with E-state index in [0.717, 1.165) is 80.6 Å². The molecule has 1 saturated carbocycles. The first-order valence-corrected chi connectivity index (χ1v) is 12.4. The molecule has 0 radical (unpaired) electrons. The van der Waals surface area contributed by atoms with E-state index in [1.54, 1.807) is 6.92 Å². The van der Waals surface area contributed by atoms with E-state index < -0.39 is 0 Å². The highest BCUT2D eigenvalue weighted by Crippen LogP contribution is 2.38. The first kappa shape index (κ1) is 22.0. The molecule has 6 rings (SSSR count). The number of nitrogens with zero attached hydrogens (tertiary/aromatic N) is 7. The Labute approximate surface area is 204 Å². The average molecular weight is 472 g/mol. The standard InChI is InChI=1S/C26H29N7O2/c1-17-31-32-26(35-17)19-8-6-18(7-9-19)24-29-22-16-20(23-27-10-3-11-28-23)4-2-5-21(22)25(30-24)33-12-14-34-15-13-33/h3,6-11,20-22H,2,4-5,12-16H2,1H3. The zero-order chi connectivity index (χ0) is 23.6. The van der Waals surface area contributed by atoms with Gasteiger partial charge in [0.25, 0.3) is 0 Å². The number of morpholine rings is 1. The minimum atomic E-state index is 0.148. The fourth-order valence-electron chi connectivity index (χ4n) is 5.34.